The quantitative estimate of drug-likeness (QED) is 0.775. The molecule has 3 aliphatic heterocycles. The molecule has 4 nitrogen and oxygen atoms in total. The Kier molecular flexibility index (Phi) is 5.93. The summed E-state index contributed by atoms with van der Waals surface area (Å²) in [5.41, 5.74) is 4.94. The molecular weight excluding hydrogens is 396 g/mol. The summed E-state index contributed by atoms with van der Waals surface area (Å²) in [4.78, 5) is 4.93. The number of likely N-dealkylation sites (N-methyl/N-ethyl adjacent to an activating group) is 1. The molecule has 0 saturated carbocycles. The molecule has 2 aromatic rings. The van der Waals surface area contributed by atoms with Crippen LogP contribution in [0.5, 0.6) is 0 Å². The first-order chi connectivity index (χ1) is 15.6. The third kappa shape index (κ3) is 3.92. The van der Waals surface area contributed by atoms with Crippen LogP contribution in [0.25, 0.3) is 6.08 Å². The molecule has 1 N–H and O–H groups in total. The first-order valence-corrected chi connectivity index (χ1v) is 12.0. The van der Waals surface area contributed by atoms with Crippen molar-refractivity contribution in [3.8, 4) is 0 Å². The average Bonchev–Trinajstić information content (AvgIpc) is 2.83. The average molecular weight is 431 g/mol. The molecule has 3 aliphatic rings. The van der Waals surface area contributed by atoms with Gasteiger partial charge in [-0.15, -0.1) is 0 Å². The Labute approximate surface area is 191 Å². The van der Waals surface area contributed by atoms with Crippen LogP contribution in [0.1, 0.15) is 37.3 Å². The second kappa shape index (κ2) is 8.86. The fourth-order valence-electron chi connectivity index (χ4n) is 5.65. The minimum absolute atomic E-state index is 0.0205. The van der Waals surface area contributed by atoms with Crippen LogP contribution in [-0.2, 0) is 4.74 Å². The second-order valence-electron chi connectivity index (χ2n) is 9.32. The zero-order valence-electron chi connectivity index (χ0n) is 19.2. The summed E-state index contributed by atoms with van der Waals surface area (Å²) in [7, 11) is 0. The number of rotatable bonds is 4. The Morgan fingerprint density at radius 2 is 1.66 bits per heavy atom. The molecule has 1 fully saturated rings. The minimum atomic E-state index is -1.13. The van der Waals surface area contributed by atoms with E-state index in [-0.39, 0.29) is 11.8 Å². The molecule has 0 radical (unpaired) electrons. The third-order valence-electron chi connectivity index (χ3n) is 7.44. The number of hydrogen-bond acceptors (Lipinski definition) is 4. The van der Waals surface area contributed by atoms with Crippen LogP contribution >= 0.6 is 0 Å². The van der Waals surface area contributed by atoms with E-state index in [1.54, 1.807) is 0 Å². The Morgan fingerprint density at radius 3 is 2.34 bits per heavy atom. The second-order valence-corrected chi connectivity index (χ2v) is 9.32. The van der Waals surface area contributed by atoms with E-state index in [9.17, 15) is 5.11 Å². The number of nitrogens with zero attached hydrogens (tertiary/aromatic N) is 2. The highest BCUT2D eigenvalue weighted by Gasteiger charge is 2.53. The van der Waals surface area contributed by atoms with E-state index in [1.165, 1.54) is 22.3 Å². The van der Waals surface area contributed by atoms with Crippen molar-refractivity contribution >= 4 is 6.08 Å². The van der Waals surface area contributed by atoms with Crippen LogP contribution in [0.15, 0.2) is 77.6 Å². The van der Waals surface area contributed by atoms with Crippen molar-refractivity contribution in [1.29, 1.82) is 0 Å². The van der Waals surface area contributed by atoms with Gasteiger partial charge in [-0.2, -0.15) is 0 Å². The van der Waals surface area contributed by atoms with Crippen molar-refractivity contribution in [3.63, 3.8) is 0 Å². The van der Waals surface area contributed by atoms with Crippen molar-refractivity contribution in [2.75, 3.05) is 39.3 Å². The van der Waals surface area contributed by atoms with Crippen LogP contribution in [0.2, 0.25) is 0 Å². The molecule has 2 aromatic carbocycles. The number of fused-ring (bicyclic) bond motifs is 1. The van der Waals surface area contributed by atoms with Crippen LogP contribution in [0.4, 0.5) is 0 Å². The van der Waals surface area contributed by atoms with E-state index in [0.717, 1.165) is 45.0 Å². The van der Waals surface area contributed by atoms with Crippen molar-refractivity contribution in [3.05, 3.63) is 88.7 Å². The number of piperidine rings is 1. The summed E-state index contributed by atoms with van der Waals surface area (Å²) in [6.07, 6.45) is 2.88. The van der Waals surface area contributed by atoms with E-state index >= 15 is 0 Å². The molecule has 32 heavy (non-hydrogen) atoms. The van der Waals surface area contributed by atoms with Crippen molar-refractivity contribution < 1.29 is 9.84 Å². The van der Waals surface area contributed by atoms with Gasteiger partial charge in [0.25, 0.3) is 0 Å². The van der Waals surface area contributed by atoms with Gasteiger partial charge in [-0.05, 0) is 35.9 Å². The molecule has 5 rings (SSSR count). The van der Waals surface area contributed by atoms with Crippen molar-refractivity contribution in [1.82, 2.24) is 9.80 Å². The summed E-state index contributed by atoms with van der Waals surface area (Å²) in [6.45, 7) is 9.86. The molecule has 3 heterocycles. The van der Waals surface area contributed by atoms with Gasteiger partial charge in [0.1, 0.15) is 5.76 Å². The van der Waals surface area contributed by atoms with Crippen molar-refractivity contribution in [2.24, 2.45) is 5.92 Å². The molecule has 4 heteroatoms. The molecule has 0 aliphatic carbocycles. The Bertz CT molecular complexity index is 1000. The maximum absolute atomic E-state index is 11.9. The first kappa shape index (κ1) is 21.4. The molecule has 1 saturated heterocycles. The van der Waals surface area contributed by atoms with Crippen LogP contribution < -0.4 is 0 Å². The molecule has 0 spiro atoms. The normalized spacial score (nSPS) is 30.0. The number of benzene rings is 2. The van der Waals surface area contributed by atoms with Gasteiger partial charge in [0.05, 0.1) is 0 Å². The molecule has 3 atom stereocenters. The Morgan fingerprint density at radius 1 is 0.969 bits per heavy atom. The standard InChI is InChI=1S/C28H34N2O2/c1-3-29-16-15-28(31)25(20-29)26(22-13-9-6-10-14-22)24-19-30(4-2)18-23(27(24)32-28)17-21-11-7-5-8-12-21/h5-14,17,25-26,31H,3-4,15-16,18-20H2,1-2H3/b23-17+/t25-,26+,28-/m0/s1. The lowest BCUT2D eigenvalue weighted by atomic mass is 9.70. The molecule has 0 aromatic heterocycles. The van der Waals surface area contributed by atoms with Gasteiger partial charge in [0.2, 0.25) is 5.79 Å². The van der Waals surface area contributed by atoms with Crippen molar-refractivity contribution in [2.45, 2.75) is 32.0 Å². The predicted octanol–water partition coefficient (Wildman–Crippen LogP) is 4.50. The summed E-state index contributed by atoms with van der Waals surface area (Å²) in [6, 6.07) is 21.2. The Hall–Kier alpha value is -2.40. The molecular formula is C28H34N2O2. The number of hydrogen-bond donors (Lipinski definition) is 1. The molecule has 0 amide bonds. The van der Waals surface area contributed by atoms with Crippen LogP contribution in [-0.4, -0.2) is 60.0 Å². The summed E-state index contributed by atoms with van der Waals surface area (Å²) < 4.78 is 6.62. The number of aliphatic hydroxyl groups is 1. The van der Waals surface area contributed by atoms with Gasteiger partial charge in [0.15, 0.2) is 0 Å². The highest BCUT2D eigenvalue weighted by molar-refractivity contribution is 5.61. The largest absolute Gasteiger partial charge is 0.462 e. The summed E-state index contributed by atoms with van der Waals surface area (Å²) >= 11 is 0. The van der Waals surface area contributed by atoms with Crippen LogP contribution in [0, 0.1) is 5.92 Å². The topological polar surface area (TPSA) is 35.9 Å². The SMILES string of the molecule is CCN1CC2=C(O[C@@]3(O)CCN(CC)C[C@H]3[C@@H]2c2ccccc2)/C(=C/c2ccccc2)C1. The predicted molar refractivity (Wildman–Crippen MR) is 129 cm³/mol. The maximum Gasteiger partial charge on any atom is 0.214 e. The lowest BCUT2D eigenvalue weighted by Gasteiger charge is -2.53. The fraction of sp³-hybridized carbons (Fsp3) is 0.429. The molecule has 168 valence electrons. The smallest absolute Gasteiger partial charge is 0.214 e. The molecule has 0 unspecified atom stereocenters. The van der Waals surface area contributed by atoms with E-state index in [0.29, 0.717) is 6.42 Å². The van der Waals surface area contributed by atoms with Gasteiger partial charge in [-0.25, -0.2) is 0 Å². The van der Waals surface area contributed by atoms with E-state index < -0.39 is 5.79 Å². The maximum atomic E-state index is 11.9. The van der Waals surface area contributed by atoms with E-state index in [2.05, 4.69) is 84.3 Å². The van der Waals surface area contributed by atoms with Gasteiger partial charge < -0.3 is 14.7 Å². The zero-order chi connectivity index (χ0) is 22.1. The highest BCUT2D eigenvalue weighted by atomic mass is 16.6. The van der Waals surface area contributed by atoms with Gasteiger partial charge >= 0.3 is 0 Å². The Balaban J connectivity index is 1.66. The summed E-state index contributed by atoms with van der Waals surface area (Å²) in [5, 5.41) is 11.9. The first-order valence-electron chi connectivity index (χ1n) is 12.0. The lowest BCUT2D eigenvalue weighted by molar-refractivity contribution is -0.249. The van der Waals surface area contributed by atoms with E-state index in [1.807, 2.05) is 6.07 Å². The fourth-order valence-corrected chi connectivity index (χ4v) is 5.65. The number of likely N-dealkylation sites (tertiary alicyclic amines) is 1. The number of ether oxygens (including phenoxy) is 1. The minimum Gasteiger partial charge on any atom is -0.462 e. The van der Waals surface area contributed by atoms with E-state index in [4.69, 9.17) is 4.74 Å². The zero-order valence-corrected chi connectivity index (χ0v) is 19.2. The highest BCUT2D eigenvalue weighted by Crippen LogP contribution is 2.51. The van der Waals surface area contributed by atoms with Crippen LogP contribution in [0.3, 0.4) is 0 Å². The summed E-state index contributed by atoms with van der Waals surface area (Å²) in [5.74, 6) is -0.0362. The van der Waals surface area contributed by atoms with Gasteiger partial charge in [0, 0.05) is 50.0 Å². The van der Waals surface area contributed by atoms with Gasteiger partial charge in [-0.1, -0.05) is 74.5 Å². The monoisotopic (exact) mass is 430 g/mol. The third-order valence-corrected chi connectivity index (χ3v) is 7.44. The van der Waals surface area contributed by atoms with Gasteiger partial charge in [-0.3, -0.25) is 4.90 Å². The molecule has 0 bridgehead atoms. The lowest BCUT2D eigenvalue weighted by Crippen LogP contribution is -2.58.